The molecule has 0 aliphatic heterocycles. The zero-order valence-corrected chi connectivity index (χ0v) is 25.7. The minimum atomic E-state index is -1.13. The van der Waals surface area contributed by atoms with Gasteiger partial charge in [0.15, 0.2) is 0 Å². The molecule has 1 fully saturated rings. The normalized spacial score (nSPS) is 21.3. The van der Waals surface area contributed by atoms with Gasteiger partial charge in [-0.15, -0.1) is 10.1 Å². The fraction of sp³-hybridized carbons (Fsp3) is 0.613. The van der Waals surface area contributed by atoms with Gasteiger partial charge < -0.3 is 25.1 Å². The number of hydrogen-bond donors (Lipinski definition) is 5. The van der Waals surface area contributed by atoms with E-state index < -0.39 is 47.5 Å². The van der Waals surface area contributed by atoms with E-state index in [1.807, 2.05) is 55.5 Å². The summed E-state index contributed by atoms with van der Waals surface area (Å²) in [7, 11) is 0. The fourth-order valence-electron chi connectivity index (χ4n) is 5.28. The van der Waals surface area contributed by atoms with E-state index in [9.17, 15) is 29.9 Å². The summed E-state index contributed by atoms with van der Waals surface area (Å²) in [6, 6.07) is 9.68. The Morgan fingerprint density at radius 3 is 2.56 bits per heavy atom. The van der Waals surface area contributed by atoms with Crippen LogP contribution in [0.25, 0.3) is 0 Å². The molecule has 0 bridgehead atoms. The quantitative estimate of drug-likeness (QED) is 0.0408. The average Bonchev–Trinajstić information content (AvgIpc) is 3.26. The van der Waals surface area contributed by atoms with Crippen molar-refractivity contribution >= 4 is 11.9 Å². The highest BCUT2D eigenvalue weighted by molar-refractivity contribution is 5.75. The number of aryl methyl sites for hydroxylation is 1. The first kappa shape index (κ1) is 37.8. The molecule has 5 N–H and O–H groups in total. The maximum atomic E-state index is 12.7. The number of aliphatic hydroxyl groups is 2. The molecule has 1 aromatic rings. The van der Waals surface area contributed by atoms with E-state index in [2.05, 4.69) is 15.0 Å². The van der Waals surface area contributed by atoms with Gasteiger partial charge in [0.05, 0.1) is 17.6 Å². The summed E-state index contributed by atoms with van der Waals surface area (Å²) in [6.07, 6.45) is 8.17. The van der Waals surface area contributed by atoms with Crippen LogP contribution in [-0.2, 0) is 30.4 Å². The van der Waals surface area contributed by atoms with Crippen LogP contribution in [0.1, 0.15) is 70.3 Å². The van der Waals surface area contributed by atoms with Crippen molar-refractivity contribution < 1.29 is 49.7 Å². The third-order valence-corrected chi connectivity index (χ3v) is 7.55. The number of allylic oxidation sites excluding steroid dienone is 2. The first-order valence-electron chi connectivity index (χ1n) is 15.4. The van der Waals surface area contributed by atoms with Gasteiger partial charge in [0.2, 0.25) is 5.91 Å². The molecule has 6 atom stereocenters. The molecule has 14 nitrogen and oxygen atoms in total. The van der Waals surface area contributed by atoms with Crippen molar-refractivity contribution in [2.45, 2.75) is 95.5 Å². The lowest BCUT2D eigenvalue weighted by molar-refractivity contribution is -0.770. The van der Waals surface area contributed by atoms with E-state index in [4.69, 9.17) is 15.2 Å². The summed E-state index contributed by atoms with van der Waals surface area (Å²) in [4.78, 5) is 43.9. The SMILES string of the molecule is CCNC(=O)CCC/C=C\C[C@@H]1[C@@H](/C=C/[C@H](CCc2ccccc2)OC(=O)CCC[C@@H](CON(O)O)O[N+](=O)[O-])[C@H](O)C[C@@H]1O. The standard InChI is InChI=1S/C31H47N3O11/c1-2-32-30(37)15-9-4-3-8-14-26-27(29(36)21-28(26)35)20-19-24(18-17-23-11-6-5-7-12-23)44-31(38)16-10-13-25(45-34(41)42)22-43-33(39)40/h3,5-8,11-12,19-20,24-29,35-36,39-40H,2,4,9-10,13-18,21-22H2,1H3,(H,32,37)/b8-3-,20-19+/t24-,25-,26+,27+,28-,29+/m0/s1. The summed E-state index contributed by atoms with van der Waals surface area (Å²) >= 11 is 0. The molecule has 0 aromatic heterocycles. The summed E-state index contributed by atoms with van der Waals surface area (Å²) in [5.74, 6) is -1.09. The average molecular weight is 638 g/mol. The number of rotatable bonds is 22. The largest absolute Gasteiger partial charge is 0.458 e. The molecule has 0 heterocycles. The number of unbranched alkanes of at least 4 members (excludes halogenated alkanes) is 1. The van der Waals surface area contributed by atoms with E-state index in [1.165, 1.54) is 0 Å². The second-order valence-corrected chi connectivity index (χ2v) is 11.0. The maximum absolute atomic E-state index is 12.7. The predicted octanol–water partition coefficient (Wildman–Crippen LogP) is 3.46. The van der Waals surface area contributed by atoms with E-state index in [1.54, 1.807) is 6.08 Å². The fourth-order valence-corrected chi connectivity index (χ4v) is 5.28. The second kappa shape index (κ2) is 21.4. The third-order valence-electron chi connectivity index (χ3n) is 7.55. The smallest absolute Gasteiger partial charge is 0.306 e. The lowest BCUT2D eigenvalue weighted by Crippen LogP contribution is -2.28. The van der Waals surface area contributed by atoms with Crippen LogP contribution in [0.15, 0.2) is 54.6 Å². The molecule has 2 rings (SSSR count). The Labute approximate surface area is 263 Å². The van der Waals surface area contributed by atoms with Crippen LogP contribution >= 0.6 is 0 Å². The third kappa shape index (κ3) is 15.9. The van der Waals surface area contributed by atoms with Crippen LogP contribution in [0.2, 0.25) is 0 Å². The number of amides is 1. The number of nitrogens with one attached hydrogen (secondary N) is 1. The zero-order valence-electron chi connectivity index (χ0n) is 25.7. The molecule has 0 radical (unpaired) electrons. The van der Waals surface area contributed by atoms with Crippen molar-refractivity contribution in [2.24, 2.45) is 11.8 Å². The Hall–Kier alpha value is -3.40. The molecule has 1 aliphatic rings. The molecule has 1 amide bonds. The number of nitrogens with zero attached hydrogens (tertiary/aromatic N) is 2. The minimum absolute atomic E-state index is 0.0156. The van der Waals surface area contributed by atoms with Gasteiger partial charge in [-0.3, -0.25) is 20.0 Å². The zero-order chi connectivity index (χ0) is 33.0. The summed E-state index contributed by atoms with van der Waals surface area (Å²) in [6.45, 7) is 1.96. The van der Waals surface area contributed by atoms with E-state index in [0.29, 0.717) is 32.2 Å². The van der Waals surface area contributed by atoms with Gasteiger partial charge in [-0.05, 0) is 69.4 Å². The number of hydrogen-bond acceptors (Lipinski definition) is 12. The molecule has 45 heavy (non-hydrogen) atoms. The highest BCUT2D eigenvalue weighted by atomic mass is 17.1. The highest BCUT2D eigenvalue weighted by Crippen LogP contribution is 2.36. The van der Waals surface area contributed by atoms with Crippen molar-refractivity contribution in [3.05, 3.63) is 70.3 Å². The van der Waals surface area contributed by atoms with Crippen LogP contribution in [0.3, 0.4) is 0 Å². The molecular weight excluding hydrogens is 590 g/mol. The molecule has 0 spiro atoms. The lowest BCUT2D eigenvalue weighted by Gasteiger charge is -2.21. The van der Waals surface area contributed by atoms with Crippen LogP contribution < -0.4 is 5.32 Å². The number of carbonyl (C=O) groups excluding carboxylic acids is 2. The van der Waals surface area contributed by atoms with Gasteiger partial charge in [-0.1, -0.05) is 48.6 Å². The Morgan fingerprint density at radius 2 is 1.87 bits per heavy atom. The van der Waals surface area contributed by atoms with Crippen molar-refractivity contribution in [1.29, 1.82) is 0 Å². The molecule has 0 unspecified atom stereocenters. The second-order valence-electron chi connectivity index (χ2n) is 11.0. The Morgan fingerprint density at radius 1 is 1.11 bits per heavy atom. The van der Waals surface area contributed by atoms with Crippen molar-refractivity contribution in [2.75, 3.05) is 13.2 Å². The van der Waals surface area contributed by atoms with Crippen LogP contribution in [0, 0.1) is 22.0 Å². The minimum Gasteiger partial charge on any atom is -0.458 e. The monoisotopic (exact) mass is 637 g/mol. The van der Waals surface area contributed by atoms with Gasteiger partial charge in [0.1, 0.15) is 18.8 Å². The number of carbonyl (C=O) groups is 2. The van der Waals surface area contributed by atoms with Crippen LogP contribution in [0.5, 0.6) is 0 Å². The van der Waals surface area contributed by atoms with Crippen molar-refractivity contribution in [3.8, 4) is 0 Å². The van der Waals surface area contributed by atoms with E-state index in [0.717, 1.165) is 18.4 Å². The Kier molecular flexibility index (Phi) is 17.9. The number of aliphatic hydroxyl groups excluding tert-OH is 2. The van der Waals surface area contributed by atoms with Crippen LogP contribution in [-0.4, -0.2) is 80.5 Å². The Balaban J connectivity index is 1.99. The first-order valence-corrected chi connectivity index (χ1v) is 15.4. The van der Waals surface area contributed by atoms with E-state index >= 15 is 0 Å². The highest BCUT2D eigenvalue weighted by Gasteiger charge is 2.39. The molecule has 1 saturated carbocycles. The number of benzene rings is 1. The summed E-state index contributed by atoms with van der Waals surface area (Å²) in [5.41, 5.74) is 1.06. The van der Waals surface area contributed by atoms with Crippen molar-refractivity contribution in [1.82, 2.24) is 10.7 Å². The van der Waals surface area contributed by atoms with Gasteiger partial charge in [0.25, 0.3) is 5.09 Å². The molecule has 0 saturated heterocycles. The summed E-state index contributed by atoms with van der Waals surface area (Å²) < 4.78 is 5.74. The van der Waals surface area contributed by atoms with Crippen LogP contribution in [0.4, 0.5) is 0 Å². The number of esters is 1. The van der Waals surface area contributed by atoms with Gasteiger partial charge >= 0.3 is 5.97 Å². The topological polar surface area (TPSA) is 201 Å². The number of ether oxygens (including phenoxy) is 1. The van der Waals surface area contributed by atoms with Crippen molar-refractivity contribution in [3.63, 3.8) is 0 Å². The molecule has 14 heteroatoms. The predicted molar refractivity (Wildman–Crippen MR) is 161 cm³/mol. The molecule has 1 aromatic carbocycles. The first-order chi connectivity index (χ1) is 21.6. The van der Waals surface area contributed by atoms with Gasteiger partial charge in [0, 0.05) is 31.7 Å². The Bertz CT molecular complexity index is 1070. The van der Waals surface area contributed by atoms with Gasteiger partial charge in [-0.25, -0.2) is 4.84 Å². The molecular formula is C31H47N3O11. The maximum Gasteiger partial charge on any atom is 0.306 e. The molecule has 252 valence electrons. The van der Waals surface area contributed by atoms with E-state index in [-0.39, 0.29) is 43.4 Å². The molecule has 1 aliphatic carbocycles. The summed E-state index contributed by atoms with van der Waals surface area (Å²) in [5, 5.41) is 50.6. The van der Waals surface area contributed by atoms with Gasteiger partial charge in [-0.2, -0.15) is 0 Å². The lowest BCUT2D eigenvalue weighted by atomic mass is 9.89.